The van der Waals surface area contributed by atoms with Crippen molar-refractivity contribution < 1.29 is 17.6 Å². The average Bonchev–Trinajstić information content (AvgIpc) is 3.31. The number of halogens is 1. The molecule has 1 aliphatic heterocycles. The SMILES string of the molecule is Cn1nc(-c2ccc(F)cc2)cc1C(=O)N1CCC(c2cccs2)S(=O)(=O)CC1. The van der Waals surface area contributed by atoms with Crippen molar-refractivity contribution in [2.24, 2.45) is 7.05 Å². The minimum Gasteiger partial charge on any atom is -0.336 e. The van der Waals surface area contributed by atoms with Crippen LogP contribution in [0.2, 0.25) is 0 Å². The van der Waals surface area contributed by atoms with Crippen molar-refractivity contribution in [1.82, 2.24) is 14.7 Å². The van der Waals surface area contributed by atoms with Gasteiger partial charge in [0, 0.05) is 30.6 Å². The Labute approximate surface area is 172 Å². The fraction of sp³-hybridized carbons (Fsp3) is 0.300. The summed E-state index contributed by atoms with van der Waals surface area (Å²) >= 11 is 1.43. The molecule has 1 amide bonds. The molecule has 1 saturated heterocycles. The van der Waals surface area contributed by atoms with Gasteiger partial charge in [-0.2, -0.15) is 5.10 Å². The van der Waals surface area contributed by atoms with Gasteiger partial charge in [0.15, 0.2) is 9.84 Å². The van der Waals surface area contributed by atoms with Gasteiger partial charge in [0.25, 0.3) is 5.91 Å². The van der Waals surface area contributed by atoms with E-state index in [9.17, 15) is 17.6 Å². The first-order valence-corrected chi connectivity index (χ1v) is 11.8. The second-order valence-electron chi connectivity index (χ2n) is 7.00. The molecule has 0 spiro atoms. The average molecular weight is 434 g/mol. The van der Waals surface area contributed by atoms with Crippen LogP contribution < -0.4 is 0 Å². The van der Waals surface area contributed by atoms with Gasteiger partial charge in [-0.3, -0.25) is 9.48 Å². The molecular formula is C20H20FN3O3S2. The summed E-state index contributed by atoms with van der Waals surface area (Å²) in [6.07, 6.45) is 0.372. The van der Waals surface area contributed by atoms with E-state index in [1.54, 1.807) is 30.1 Å². The van der Waals surface area contributed by atoms with Gasteiger partial charge < -0.3 is 4.90 Å². The predicted octanol–water partition coefficient (Wildman–Crippen LogP) is 3.29. The summed E-state index contributed by atoms with van der Waals surface area (Å²) in [4.78, 5) is 15.5. The highest BCUT2D eigenvalue weighted by atomic mass is 32.2. The standard InChI is InChI=1S/C20H20FN3O3S2/c1-23-17(13-16(22-23)14-4-6-15(21)7-5-14)20(25)24-9-8-19(18-3-2-11-28-18)29(26,27)12-10-24/h2-7,11,13,19H,8-10,12H2,1H3. The summed E-state index contributed by atoms with van der Waals surface area (Å²) in [5.74, 6) is -0.660. The van der Waals surface area contributed by atoms with E-state index in [2.05, 4.69) is 5.10 Å². The molecule has 0 radical (unpaired) electrons. The van der Waals surface area contributed by atoms with Gasteiger partial charge in [0.1, 0.15) is 11.5 Å². The first-order chi connectivity index (χ1) is 13.8. The van der Waals surface area contributed by atoms with Crippen molar-refractivity contribution in [3.63, 3.8) is 0 Å². The molecule has 1 aliphatic rings. The van der Waals surface area contributed by atoms with Gasteiger partial charge in [0.05, 0.1) is 16.7 Å². The van der Waals surface area contributed by atoms with E-state index in [1.807, 2.05) is 17.5 Å². The molecule has 6 nitrogen and oxygen atoms in total. The Bertz CT molecular complexity index is 1120. The zero-order valence-corrected chi connectivity index (χ0v) is 17.4. The molecule has 1 atom stereocenters. The number of nitrogens with zero attached hydrogens (tertiary/aromatic N) is 3. The summed E-state index contributed by atoms with van der Waals surface area (Å²) in [6.45, 7) is 0.512. The van der Waals surface area contributed by atoms with Gasteiger partial charge in [0.2, 0.25) is 0 Å². The number of amides is 1. The van der Waals surface area contributed by atoms with Crippen LogP contribution in [0.25, 0.3) is 11.3 Å². The minimum atomic E-state index is -3.32. The molecule has 9 heteroatoms. The molecule has 152 valence electrons. The zero-order valence-electron chi connectivity index (χ0n) is 15.8. The maximum absolute atomic E-state index is 13.2. The van der Waals surface area contributed by atoms with Gasteiger partial charge in [-0.1, -0.05) is 6.07 Å². The zero-order chi connectivity index (χ0) is 20.6. The lowest BCUT2D eigenvalue weighted by atomic mass is 10.1. The quantitative estimate of drug-likeness (QED) is 0.635. The fourth-order valence-corrected chi connectivity index (χ4v) is 6.54. The molecule has 0 aliphatic carbocycles. The summed E-state index contributed by atoms with van der Waals surface area (Å²) in [7, 11) is -1.66. The van der Waals surface area contributed by atoms with Crippen LogP contribution >= 0.6 is 11.3 Å². The van der Waals surface area contributed by atoms with Gasteiger partial charge in [-0.25, -0.2) is 12.8 Å². The number of hydrogen-bond donors (Lipinski definition) is 0. The molecule has 4 rings (SSSR count). The number of rotatable bonds is 3. The Morgan fingerprint density at radius 2 is 1.97 bits per heavy atom. The van der Waals surface area contributed by atoms with Crippen LogP contribution in [-0.2, 0) is 16.9 Å². The third kappa shape index (κ3) is 3.97. The van der Waals surface area contributed by atoms with Crippen molar-refractivity contribution in [3.8, 4) is 11.3 Å². The van der Waals surface area contributed by atoms with Crippen LogP contribution in [0.5, 0.6) is 0 Å². The van der Waals surface area contributed by atoms with Crippen LogP contribution in [0.15, 0.2) is 47.8 Å². The third-order valence-corrected chi connectivity index (χ3v) is 8.37. The monoisotopic (exact) mass is 433 g/mol. The van der Waals surface area contributed by atoms with Crippen molar-refractivity contribution >= 4 is 27.1 Å². The second kappa shape index (κ2) is 7.72. The summed E-state index contributed by atoms with van der Waals surface area (Å²) in [5, 5.41) is 5.66. The fourth-order valence-electron chi connectivity index (χ4n) is 3.53. The third-order valence-electron chi connectivity index (χ3n) is 5.13. The molecule has 1 unspecified atom stereocenters. The molecule has 1 aromatic carbocycles. The number of carbonyl (C=O) groups excluding carboxylic acids is 1. The second-order valence-corrected chi connectivity index (χ2v) is 10.3. The van der Waals surface area contributed by atoms with Gasteiger partial charge in [-0.15, -0.1) is 11.3 Å². The van der Waals surface area contributed by atoms with Crippen LogP contribution in [0.3, 0.4) is 0 Å². The summed E-state index contributed by atoms with van der Waals surface area (Å²) in [6, 6.07) is 11.2. The Morgan fingerprint density at radius 3 is 2.66 bits per heavy atom. The maximum atomic E-state index is 13.2. The highest BCUT2D eigenvalue weighted by Gasteiger charge is 2.34. The van der Waals surface area contributed by atoms with Crippen LogP contribution in [-0.4, -0.2) is 47.8 Å². The predicted molar refractivity (Wildman–Crippen MR) is 110 cm³/mol. The lowest BCUT2D eigenvalue weighted by Gasteiger charge is -2.19. The van der Waals surface area contributed by atoms with E-state index in [-0.39, 0.29) is 24.0 Å². The van der Waals surface area contributed by atoms with Gasteiger partial charge in [-0.05, 0) is 48.2 Å². The molecular weight excluding hydrogens is 413 g/mol. The molecule has 0 bridgehead atoms. The van der Waals surface area contributed by atoms with E-state index in [0.717, 1.165) is 4.88 Å². The molecule has 0 N–H and O–H groups in total. The topological polar surface area (TPSA) is 72.3 Å². The Hall–Kier alpha value is -2.52. The number of aryl methyl sites for hydroxylation is 1. The lowest BCUT2D eigenvalue weighted by Crippen LogP contribution is -2.34. The largest absolute Gasteiger partial charge is 0.336 e. The Kier molecular flexibility index (Phi) is 5.26. The van der Waals surface area contributed by atoms with Crippen molar-refractivity contribution in [1.29, 1.82) is 0 Å². The summed E-state index contributed by atoms with van der Waals surface area (Å²) in [5.41, 5.74) is 1.64. The van der Waals surface area contributed by atoms with E-state index in [1.165, 1.54) is 28.2 Å². The minimum absolute atomic E-state index is 0.0655. The molecule has 1 fully saturated rings. The normalized spacial score (nSPS) is 19.1. The molecule has 2 aromatic heterocycles. The maximum Gasteiger partial charge on any atom is 0.272 e. The molecule has 29 heavy (non-hydrogen) atoms. The van der Waals surface area contributed by atoms with E-state index < -0.39 is 15.1 Å². The van der Waals surface area contributed by atoms with E-state index in [0.29, 0.717) is 29.9 Å². The van der Waals surface area contributed by atoms with Crippen molar-refractivity contribution in [3.05, 3.63) is 64.2 Å². The van der Waals surface area contributed by atoms with E-state index in [4.69, 9.17) is 0 Å². The number of benzene rings is 1. The number of aromatic nitrogens is 2. The van der Waals surface area contributed by atoms with E-state index >= 15 is 0 Å². The number of sulfone groups is 1. The van der Waals surface area contributed by atoms with Gasteiger partial charge >= 0.3 is 0 Å². The summed E-state index contributed by atoms with van der Waals surface area (Å²) < 4.78 is 40.1. The Balaban J connectivity index is 1.56. The lowest BCUT2D eigenvalue weighted by molar-refractivity contribution is 0.0755. The number of hydrogen-bond acceptors (Lipinski definition) is 5. The van der Waals surface area contributed by atoms with Crippen molar-refractivity contribution in [2.45, 2.75) is 11.7 Å². The van der Waals surface area contributed by atoms with Crippen molar-refractivity contribution in [2.75, 3.05) is 18.8 Å². The number of thiophene rings is 1. The Morgan fingerprint density at radius 1 is 1.21 bits per heavy atom. The van der Waals surface area contributed by atoms with Crippen LogP contribution in [0.1, 0.15) is 27.0 Å². The number of carbonyl (C=O) groups is 1. The van der Waals surface area contributed by atoms with Crippen LogP contribution in [0, 0.1) is 5.82 Å². The highest BCUT2D eigenvalue weighted by molar-refractivity contribution is 7.91. The molecule has 3 heterocycles. The first-order valence-electron chi connectivity index (χ1n) is 9.19. The first kappa shape index (κ1) is 19.8. The molecule has 3 aromatic rings. The highest BCUT2D eigenvalue weighted by Crippen LogP contribution is 2.32. The molecule has 0 saturated carbocycles. The smallest absolute Gasteiger partial charge is 0.272 e. The van der Waals surface area contributed by atoms with Crippen LogP contribution in [0.4, 0.5) is 4.39 Å².